The molecule has 2 aromatic rings. The van der Waals surface area contributed by atoms with Gasteiger partial charge in [-0.15, -0.1) is 4.99 Å². The molecule has 10 nitrogen and oxygen atoms in total. The predicted octanol–water partition coefficient (Wildman–Crippen LogP) is 2.69. The van der Waals surface area contributed by atoms with E-state index < -0.39 is 16.2 Å². The van der Waals surface area contributed by atoms with Crippen molar-refractivity contribution in [2.24, 2.45) is 10.7 Å². The molecule has 0 bridgehead atoms. The van der Waals surface area contributed by atoms with Crippen LogP contribution in [-0.4, -0.2) is 33.5 Å². The fourth-order valence-corrected chi connectivity index (χ4v) is 3.25. The lowest BCUT2D eigenvalue weighted by Crippen LogP contribution is -2.25. The average Bonchev–Trinajstić information content (AvgIpc) is 2.69. The van der Waals surface area contributed by atoms with Crippen molar-refractivity contribution in [3.8, 4) is 5.75 Å². The number of para-hydroxylation sites is 1. The highest BCUT2D eigenvalue weighted by Crippen LogP contribution is 2.27. The summed E-state index contributed by atoms with van der Waals surface area (Å²) >= 11 is 0. The summed E-state index contributed by atoms with van der Waals surface area (Å²) in [5.41, 5.74) is 6.01. The molecule has 30 heavy (non-hydrogen) atoms. The lowest BCUT2D eigenvalue weighted by Gasteiger charge is -2.15. The molecule has 2 amide bonds. The highest BCUT2D eigenvalue weighted by atomic mass is 32.2. The normalized spacial score (nSPS) is 11.5. The van der Waals surface area contributed by atoms with Crippen LogP contribution < -0.4 is 20.6 Å². The maximum absolute atomic E-state index is 12.6. The van der Waals surface area contributed by atoms with E-state index in [1.54, 1.807) is 18.2 Å². The fraction of sp³-hybridized carbons (Fsp3) is 0.211. The minimum Gasteiger partial charge on any atom is -0.451 e. The summed E-state index contributed by atoms with van der Waals surface area (Å²) in [4.78, 5) is 26.5. The van der Waals surface area contributed by atoms with Crippen molar-refractivity contribution in [2.45, 2.75) is 24.7 Å². The maximum Gasteiger partial charge on any atom is 0.436 e. The molecular formula is C19H22N4O6S. The molecule has 0 fully saturated rings. The topological polar surface area (TPSA) is 149 Å². The SMILES string of the molecule is CCCC(=O)Nc1ccc(S(=O)(=O)Oc2ccccc2)cc1NC(N)=NC(=O)OC. The van der Waals surface area contributed by atoms with Gasteiger partial charge in [0.05, 0.1) is 18.5 Å². The molecular weight excluding hydrogens is 412 g/mol. The molecule has 11 heteroatoms. The first-order valence-electron chi connectivity index (χ1n) is 8.87. The van der Waals surface area contributed by atoms with E-state index in [0.29, 0.717) is 6.42 Å². The van der Waals surface area contributed by atoms with E-state index in [1.165, 1.54) is 30.3 Å². The number of benzene rings is 2. The van der Waals surface area contributed by atoms with Gasteiger partial charge in [-0.1, -0.05) is 25.1 Å². The third-order valence-corrected chi connectivity index (χ3v) is 4.87. The van der Waals surface area contributed by atoms with Gasteiger partial charge in [-0.25, -0.2) is 4.79 Å². The van der Waals surface area contributed by atoms with Gasteiger partial charge in [0.1, 0.15) is 10.6 Å². The van der Waals surface area contributed by atoms with Gasteiger partial charge in [-0.05, 0) is 36.8 Å². The Balaban J connectivity index is 2.40. The van der Waals surface area contributed by atoms with Gasteiger partial charge in [0, 0.05) is 6.42 Å². The number of anilines is 2. The van der Waals surface area contributed by atoms with Crippen molar-refractivity contribution in [1.29, 1.82) is 0 Å². The first-order valence-corrected chi connectivity index (χ1v) is 10.3. The zero-order chi connectivity index (χ0) is 22.1. The number of methoxy groups -OCH3 is 1. The number of nitrogens with one attached hydrogen (secondary N) is 2. The molecule has 2 rings (SSSR count). The number of hydrogen-bond donors (Lipinski definition) is 3. The first-order chi connectivity index (χ1) is 14.2. The summed E-state index contributed by atoms with van der Waals surface area (Å²) < 4.78 is 34.8. The van der Waals surface area contributed by atoms with E-state index in [-0.39, 0.29) is 40.3 Å². The molecule has 0 radical (unpaired) electrons. The number of rotatable bonds is 7. The van der Waals surface area contributed by atoms with Crippen molar-refractivity contribution in [1.82, 2.24) is 0 Å². The van der Waals surface area contributed by atoms with Crippen LogP contribution >= 0.6 is 0 Å². The van der Waals surface area contributed by atoms with Crippen LogP contribution in [0.1, 0.15) is 19.8 Å². The quantitative estimate of drug-likeness (QED) is 0.342. The second kappa shape index (κ2) is 10.3. The number of carbonyl (C=O) groups is 2. The van der Waals surface area contributed by atoms with Crippen LogP contribution in [0.3, 0.4) is 0 Å². The second-order valence-corrected chi connectivity index (χ2v) is 7.49. The zero-order valence-corrected chi connectivity index (χ0v) is 17.2. The van der Waals surface area contributed by atoms with E-state index in [9.17, 15) is 18.0 Å². The summed E-state index contributed by atoms with van der Waals surface area (Å²) in [7, 11) is -3.05. The Kier molecular flexibility index (Phi) is 7.76. The molecule has 160 valence electrons. The highest BCUT2D eigenvalue weighted by molar-refractivity contribution is 7.87. The predicted molar refractivity (Wildman–Crippen MR) is 112 cm³/mol. The largest absolute Gasteiger partial charge is 0.451 e. The minimum atomic E-state index is -4.18. The molecule has 0 atom stereocenters. The van der Waals surface area contributed by atoms with E-state index >= 15 is 0 Å². The molecule has 0 aliphatic carbocycles. The molecule has 0 aromatic heterocycles. The van der Waals surface area contributed by atoms with Crippen LogP contribution in [0.5, 0.6) is 5.75 Å². The van der Waals surface area contributed by atoms with Crippen molar-refractivity contribution >= 4 is 39.5 Å². The van der Waals surface area contributed by atoms with E-state index in [1.807, 2.05) is 6.92 Å². The summed E-state index contributed by atoms with van der Waals surface area (Å²) in [6.45, 7) is 1.84. The standard InChI is InChI=1S/C19H22N4O6S/c1-3-7-17(24)21-15-11-10-14(12-16(15)22-18(20)23-19(25)28-2)30(26,27)29-13-8-5-4-6-9-13/h4-6,8-12H,3,7H2,1-2H3,(H,21,24)(H3,20,22,23,25). The van der Waals surface area contributed by atoms with Gasteiger partial charge in [0.25, 0.3) is 0 Å². The lowest BCUT2D eigenvalue weighted by atomic mass is 10.2. The molecule has 0 saturated carbocycles. The number of ether oxygens (including phenoxy) is 1. The fourth-order valence-electron chi connectivity index (χ4n) is 2.29. The number of hydrogen-bond acceptors (Lipinski definition) is 6. The number of aliphatic imine (C=N–C) groups is 1. The van der Waals surface area contributed by atoms with E-state index in [4.69, 9.17) is 9.92 Å². The van der Waals surface area contributed by atoms with Gasteiger partial charge < -0.3 is 25.3 Å². The molecule has 4 N–H and O–H groups in total. The summed E-state index contributed by atoms with van der Waals surface area (Å²) in [6, 6.07) is 11.8. The Labute approximate surface area is 174 Å². The third-order valence-electron chi connectivity index (χ3n) is 3.63. The van der Waals surface area contributed by atoms with Gasteiger partial charge in [0.2, 0.25) is 11.9 Å². The molecule has 0 heterocycles. The molecule has 0 spiro atoms. The summed E-state index contributed by atoms with van der Waals surface area (Å²) in [5, 5.41) is 5.24. The number of guanidine groups is 1. The van der Waals surface area contributed by atoms with E-state index in [2.05, 4.69) is 20.4 Å². The van der Waals surface area contributed by atoms with Crippen LogP contribution in [0, 0.1) is 0 Å². The Bertz CT molecular complexity index is 1040. The van der Waals surface area contributed by atoms with Crippen LogP contribution in [-0.2, 0) is 19.6 Å². The van der Waals surface area contributed by atoms with Gasteiger partial charge >= 0.3 is 16.2 Å². The Morgan fingerprint density at radius 1 is 1.07 bits per heavy atom. The summed E-state index contributed by atoms with van der Waals surface area (Å²) in [5.74, 6) is -0.495. The van der Waals surface area contributed by atoms with Crippen LogP contribution in [0.2, 0.25) is 0 Å². The number of nitrogens with zero attached hydrogens (tertiary/aromatic N) is 1. The number of carbonyl (C=O) groups excluding carboxylic acids is 2. The van der Waals surface area contributed by atoms with Crippen LogP contribution in [0.4, 0.5) is 16.2 Å². The maximum atomic E-state index is 12.6. The van der Waals surface area contributed by atoms with Crippen molar-refractivity contribution in [3.63, 3.8) is 0 Å². The van der Waals surface area contributed by atoms with Gasteiger partial charge in [-0.2, -0.15) is 8.42 Å². The summed E-state index contributed by atoms with van der Waals surface area (Å²) in [6.07, 6.45) is -0.0620. The molecule has 0 saturated heterocycles. The zero-order valence-electron chi connectivity index (χ0n) is 16.4. The van der Waals surface area contributed by atoms with Gasteiger partial charge in [-0.3, -0.25) is 4.79 Å². The first kappa shape index (κ1) is 22.7. The average molecular weight is 434 g/mol. The van der Waals surface area contributed by atoms with E-state index in [0.717, 1.165) is 7.11 Å². The lowest BCUT2D eigenvalue weighted by molar-refractivity contribution is -0.116. The van der Waals surface area contributed by atoms with Gasteiger partial charge in [0.15, 0.2) is 0 Å². The Morgan fingerprint density at radius 2 is 1.77 bits per heavy atom. The molecule has 0 aliphatic rings. The second-order valence-electron chi connectivity index (χ2n) is 5.95. The number of nitrogens with two attached hydrogens (primary N) is 1. The third kappa shape index (κ3) is 6.48. The van der Waals surface area contributed by atoms with Crippen LogP contribution in [0.25, 0.3) is 0 Å². The smallest absolute Gasteiger partial charge is 0.436 e. The molecule has 0 aliphatic heterocycles. The molecule has 0 unspecified atom stereocenters. The van der Waals surface area contributed by atoms with Crippen LogP contribution in [0.15, 0.2) is 58.4 Å². The monoisotopic (exact) mass is 434 g/mol. The Hall–Kier alpha value is -3.60. The minimum absolute atomic E-state index is 0.0994. The number of amides is 2. The van der Waals surface area contributed by atoms with Crippen molar-refractivity contribution < 1.29 is 26.9 Å². The van der Waals surface area contributed by atoms with Crippen molar-refractivity contribution in [2.75, 3.05) is 17.7 Å². The van der Waals surface area contributed by atoms with Crippen molar-refractivity contribution in [3.05, 3.63) is 48.5 Å². The molecule has 2 aromatic carbocycles. The highest BCUT2D eigenvalue weighted by Gasteiger charge is 2.20. The Morgan fingerprint density at radius 3 is 2.40 bits per heavy atom.